The van der Waals surface area contributed by atoms with Crippen LogP contribution in [0.2, 0.25) is 0 Å². The summed E-state index contributed by atoms with van der Waals surface area (Å²) in [6.45, 7) is 20.0. The molecule has 0 radical (unpaired) electrons. The van der Waals surface area contributed by atoms with Crippen molar-refractivity contribution in [2.75, 3.05) is 0 Å². The molecule has 0 bridgehead atoms. The summed E-state index contributed by atoms with van der Waals surface area (Å²) in [5, 5.41) is 0. The molecule has 2 atom stereocenters. The molecule has 20 heavy (non-hydrogen) atoms. The molecule has 0 spiro atoms. The van der Waals surface area contributed by atoms with Gasteiger partial charge in [0.1, 0.15) is 0 Å². The van der Waals surface area contributed by atoms with Gasteiger partial charge >= 0.3 is 0 Å². The van der Waals surface area contributed by atoms with Crippen molar-refractivity contribution >= 4 is 0 Å². The van der Waals surface area contributed by atoms with E-state index >= 15 is 0 Å². The van der Waals surface area contributed by atoms with E-state index in [0.29, 0.717) is 0 Å². The Kier molecular flexibility index (Phi) is 7.15. The normalized spacial score (nSPS) is 17.1. The Morgan fingerprint density at radius 2 is 1.15 bits per heavy atom. The first-order valence-corrected chi connectivity index (χ1v) is 7.43. The average Bonchev–Trinajstić information content (AvgIpc) is 2.20. The van der Waals surface area contributed by atoms with E-state index in [1.807, 2.05) is 62.3 Å². The molecular weight excluding hydrogens is 256 g/mol. The summed E-state index contributed by atoms with van der Waals surface area (Å²) in [7, 11) is 0. The lowest BCUT2D eigenvalue weighted by molar-refractivity contribution is -0.405. The minimum absolute atomic E-state index is 0.00765. The second-order valence-electron chi connectivity index (χ2n) is 8.22. The van der Waals surface area contributed by atoms with Gasteiger partial charge in [-0.1, -0.05) is 6.92 Å². The first-order valence-electron chi connectivity index (χ1n) is 7.43. The summed E-state index contributed by atoms with van der Waals surface area (Å²) in [6.07, 6.45) is 0.810. The van der Waals surface area contributed by atoms with Crippen LogP contribution in [-0.4, -0.2) is 22.9 Å². The van der Waals surface area contributed by atoms with Gasteiger partial charge in [0.05, 0.1) is 22.9 Å². The summed E-state index contributed by atoms with van der Waals surface area (Å²) in [5.74, 6) is 0.288. The standard InChI is InChI=1S/C16H34O4/c1-12(13(2)17-18-14(3,4)5)11-16(9,10)20-19-15(6,7)8/h12-13H,11H2,1-10H3. The lowest BCUT2D eigenvalue weighted by atomic mass is 9.91. The monoisotopic (exact) mass is 290 g/mol. The molecule has 0 saturated carbocycles. The predicted molar refractivity (Wildman–Crippen MR) is 81.2 cm³/mol. The van der Waals surface area contributed by atoms with Crippen LogP contribution in [0.4, 0.5) is 0 Å². The molecule has 0 aliphatic heterocycles. The third-order valence-electron chi connectivity index (χ3n) is 2.58. The van der Waals surface area contributed by atoms with Gasteiger partial charge in [0.25, 0.3) is 0 Å². The average molecular weight is 290 g/mol. The highest BCUT2D eigenvalue weighted by Crippen LogP contribution is 2.26. The van der Waals surface area contributed by atoms with Gasteiger partial charge in [-0.2, -0.15) is 0 Å². The Bertz CT molecular complexity index is 273. The third kappa shape index (κ3) is 10.6. The van der Waals surface area contributed by atoms with E-state index in [0.717, 1.165) is 6.42 Å². The zero-order chi connectivity index (χ0) is 16.2. The molecule has 122 valence electrons. The smallest absolute Gasteiger partial charge is 0.0983 e. The van der Waals surface area contributed by atoms with Crippen LogP contribution in [0.1, 0.15) is 75.7 Å². The summed E-state index contributed by atoms with van der Waals surface area (Å²) in [6, 6.07) is 0. The topological polar surface area (TPSA) is 36.9 Å². The van der Waals surface area contributed by atoms with E-state index in [2.05, 4.69) is 6.92 Å². The molecule has 4 nitrogen and oxygen atoms in total. The zero-order valence-electron chi connectivity index (χ0n) is 15.0. The highest BCUT2D eigenvalue weighted by atomic mass is 17.2. The Morgan fingerprint density at radius 3 is 1.55 bits per heavy atom. The minimum Gasteiger partial charge on any atom is -0.233 e. The molecule has 0 N–H and O–H groups in total. The molecule has 0 saturated heterocycles. The van der Waals surface area contributed by atoms with E-state index in [9.17, 15) is 0 Å². The Labute approximate surface area is 125 Å². The van der Waals surface area contributed by atoms with Crippen LogP contribution >= 0.6 is 0 Å². The maximum absolute atomic E-state index is 5.56. The molecule has 0 aromatic rings. The molecule has 0 heterocycles. The van der Waals surface area contributed by atoms with Crippen molar-refractivity contribution in [3.8, 4) is 0 Å². The molecule has 2 unspecified atom stereocenters. The summed E-state index contributed by atoms with van der Waals surface area (Å²) in [4.78, 5) is 21.8. The quantitative estimate of drug-likeness (QED) is 0.504. The van der Waals surface area contributed by atoms with Crippen molar-refractivity contribution in [1.82, 2.24) is 0 Å². The molecule has 0 rings (SSSR count). The first-order chi connectivity index (χ1) is 8.72. The van der Waals surface area contributed by atoms with Crippen molar-refractivity contribution in [3.05, 3.63) is 0 Å². The van der Waals surface area contributed by atoms with E-state index in [1.165, 1.54) is 0 Å². The molecule has 4 heteroatoms. The molecule has 0 amide bonds. The molecule has 0 fully saturated rings. The molecule has 0 aromatic carbocycles. The van der Waals surface area contributed by atoms with Gasteiger partial charge in [-0.05, 0) is 74.7 Å². The third-order valence-corrected chi connectivity index (χ3v) is 2.58. The summed E-state index contributed by atoms with van der Waals surface area (Å²) in [5.41, 5.74) is -0.973. The van der Waals surface area contributed by atoms with Crippen LogP contribution in [0.3, 0.4) is 0 Å². The second kappa shape index (κ2) is 7.21. The highest BCUT2D eigenvalue weighted by Gasteiger charge is 2.29. The van der Waals surface area contributed by atoms with Crippen molar-refractivity contribution in [2.45, 2.75) is 98.6 Å². The molecule has 0 aliphatic rings. The Morgan fingerprint density at radius 1 is 0.700 bits per heavy atom. The van der Waals surface area contributed by atoms with Crippen molar-refractivity contribution < 1.29 is 19.6 Å². The number of hydrogen-bond donors (Lipinski definition) is 0. The van der Waals surface area contributed by atoms with Gasteiger partial charge in [-0.3, -0.25) is 0 Å². The molecule has 0 aliphatic carbocycles. The predicted octanol–water partition coefficient (Wildman–Crippen LogP) is 4.67. The van der Waals surface area contributed by atoms with Crippen molar-refractivity contribution in [3.63, 3.8) is 0 Å². The molecular formula is C16H34O4. The summed E-state index contributed by atoms with van der Waals surface area (Å²) >= 11 is 0. The van der Waals surface area contributed by atoms with Gasteiger partial charge in [-0.25, -0.2) is 19.6 Å². The fraction of sp³-hybridized carbons (Fsp3) is 1.00. The maximum atomic E-state index is 5.56. The lowest BCUT2D eigenvalue weighted by Crippen LogP contribution is -2.35. The molecule has 0 aromatic heterocycles. The van der Waals surface area contributed by atoms with E-state index in [1.54, 1.807) is 0 Å². The van der Waals surface area contributed by atoms with Crippen LogP contribution in [0.15, 0.2) is 0 Å². The van der Waals surface area contributed by atoms with Gasteiger partial charge in [0.15, 0.2) is 0 Å². The van der Waals surface area contributed by atoms with Gasteiger partial charge in [0.2, 0.25) is 0 Å². The summed E-state index contributed by atoms with van der Waals surface area (Å²) < 4.78 is 0. The fourth-order valence-corrected chi connectivity index (χ4v) is 1.53. The van der Waals surface area contributed by atoms with Gasteiger partial charge < -0.3 is 0 Å². The van der Waals surface area contributed by atoms with Crippen LogP contribution in [0, 0.1) is 5.92 Å². The Hall–Kier alpha value is -0.160. The van der Waals surface area contributed by atoms with Crippen LogP contribution in [-0.2, 0) is 19.6 Å². The fourth-order valence-electron chi connectivity index (χ4n) is 1.53. The largest absolute Gasteiger partial charge is 0.233 e. The van der Waals surface area contributed by atoms with Gasteiger partial charge in [-0.15, -0.1) is 0 Å². The van der Waals surface area contributed by atoms with Gasteiger partial charge in [0, 0.05) is 0 Å². The Balaban J connectivity index is 4.25. The minimum atomic E-state index is -0.369. The van der Waals surface area contributed by atoms with Crippen molar-refractivity contribution in [2.24, 2.45) is 5.92 Å². The van der Waals surface area contributed by atoms with Crippen LogP contribution < -0.4 is 0 Å². The zero-order valence-corrected chi connectivity index (χ0v) is 15.0. The first kappa shape index (κ1) is 19.8. The lowest BCUT2D eigenvalue weighted by Gasteiger charge is -2.32. The van der Waals surface area contributed by atoms with Crippen LogP contribution in [0.5, 0.6) is 0 Å². The van der Waals surface area contributed by atoms with Crippen LogP contribution in [0.25, 0.3) is 0 Å². The van der Waals surface area contributed by atoms with E-state index in [4.69, 9.17) is 19.6 Å². The van der Waals surface area contributed by atoms with E-state index in [-0.39, 0.29) is 28.8 Å². The number of hydrogen-bond acceptors (Lipinski definition) is 4. The SMILES string of the molecule is CC(CC(C)(C)OOC(C)(C)C)C(C)OOC(C)(C)C. The maximum Gasteiger partial charge on any atom is 0.0983 e. The van der Waals surface area contributed by atoms with Crippen molar-refractivity contribution in [1.29, 1.82) is 0 Å². The van der Waals surface area contributed by atoms with E-state index < -0.39 is 0 Å². The number of rotatable bonds is 7. The second-order valence-corrected chi connectivity index (χ2v) is 8.22. The highest BCUT2D eigenvalue weighted by molar-refractivity contribution is 4.74.